The Morgan fingerprint density at radius 2 is 2.15 bits per heavy atom. The summed E-state index contributed by atoms with van der Waals surface area (Å²) in [5.74, 6) is 0.536. The van der Waals surface area contributed by atoms with Gasteiger partial charge < -0.3 is 9.64 Å². The number of nitrogens with zero attached hydrogens (tertiary/aromatic N) is 5. The number of amides is 1. The third-order valence-electron chi connectivity index (χ3n) is 4.51. The van der Waals surface area contributed by atoms with Crippen molar-refractivity contribution in [3.05, 3.63) is 57.6 Å². The number of fused-ring (bicyclic) bond motifs is 1. The van der Waals surface area contributed by atoms with E-state index >= 15 is 0 Å². The molecule has 1 atom stereocenters. The Hall–Kier alpha value is -2.32. The van der Waals surface area contributed by atoms with Crippen molar-refractivity contribution < 1.29 is 9.53 Å². The van der Waals surface area contributed by atoms with Crippen molar-refractivity contribution in [2.75, 3.05) is 19.7 Å². The summed E-state index contributed by atoms with van der Waals surface area (Å²) in [6, 6.07) is 7.61. The Bertz CT molecular complexity index is 987. The molecule has 3 aromatic rings. The highest BCUT2D eigenvalue weighted by Gasteiger charge is 2.28. The van der Waals surface area contributed by atoms with Crippen molar-refractivity contribution in [1.82, 2.24) is 24.5 Å². The molecule has 1 fully saturated rings. The lowest BCUT2D eigenvalue weighted by Gasteiger charge is -2.33. The van der Waals surface area contributed by atoms with Crippen LogP contribution in [0.5, 0.6) is 0 Å². The largest absolute Gasteiger partial charge is 0.368 e. The molecule has 2 aromatic heterocycles. The second-order valence-corrected chi connectivity index (χ2v) is 7.22. The third-order valence-corrected chi connectivity index (χ3v) is 5.36. The van der Waals surface area contributed by atoms with Crippen molar-refractivity contribution in [3.63, 3.8) is 0 Å². The number of rotatable bonds is 2. The van der Waals surface area contributed by atoms with Gasteiger partial charge in [-0.2, -0.15) is 14.6 Å². The van der Waals surface area contributed by atoms with Gasteiger partial charge in [0.05, 0.1) is 18.8 Å². The second kappa shape index (κ2) is 6.77. The standard InChI is InChI=1S/C18H18BrN5O2/c1-11-3-4-13(8-14(11)19)17(25)23-5-6-26-16(9-23)15-7-12(2)22-18-20-10-21-24(15)18/h3-4,7-8,10,16H,5-6,9H2,1-2H3. The summed E-state index contributed by atoms with van der Waals surface area (Å²) in [5, 5.41) is 4.24. The van der Waals surface area contributed by atoms with Gasteiger partial charge in [0.1, 0.15) is 12.4 Å². The molecule has 0 saturated carbocycles. The number of carbonyl (C=O) groups excluding carboxylic acids is 1. The summed E-state index contributed by atoms with van der Waals surface area (Å²) < 4.78 is 8.54. The van der Waals surface area contributed by atoms with Crippen LogP contribution in [0, 0.1) is 13.8 Å². The van der Waals surface area contributed by atoms with Crippen LogP contribution in [0.1, 0.15) is 33.4 Å². The van der Waals surface area contributed by atoms with Crippen molar-refractivity contribution in [2.24, 2.45) is 0 Å². The first-order valence-electron chi connectivity index (χ1n) is 8.37. The molecular formula is C18H18BrN5O2. The smallest absolute Gasteiger partial charge is 0.254 e. The molecule has 26 heavy (non-hydrogen) atoms. The lowest BCUT2D eigenvalue weighted by molar-refractivity contribution is -0.0257. The normalized spacial score (nSPS) is 17.7. The van der Waals surface area contributed by atoms with Crippen LogP contribution in [-0.2, 0) is 4.74 Å². The number of ether oxygens (including phenoxy) is 1. The Morgan fingerprint density at radius 3 is 2.96 bits per heavy atom. The van der Waals surface area contributed by atoms with Crippen LogP contribution in [0.3, 0.4) is 0 Å². The molecule has 0 spiro atoms. The molecule has 1 aliphatic rings. The molecule has 3 heterocycles. The van der Waals surface area contributed by atoms with Gasteiger partial charge in [-0.15, -0.1) is 0 Å². The topological polar surface area (TPSA) is 72.6 Å². The molecular weight excluding hydrogens is 398 g/mol. The van der Waals surface area contributed by atoms with E-state index in [1.165, 1.54) is 6.33 Å². The van der Waals surface area contributed by atoms with Gasteiger partial charge in [0.2, 0.25) is 0 Å². The minimum Gasteiger partial charge on any atom is -0.368 e. The van der Waals surface area contributed by atoms with Gasteiger partial charge in [-0.25, -0.2) is 4.98 Å². The summed E-state index contributed by atoms with van der Waals surface area (Å²) in [5.41, 5.74) is 3.46. The zero-order valence-corrected chi connectivity index (χ0v) is 16.1. The fourth-order valence-corrected chi connectivity index (χ4v) is 3.49. The lowest BCUT2D eigenvalue weighted by atomic mass is 10.1. The van der Waals surface area contributed by atoms with Gasteiger partial charge in [0.25, 0.3) is 11.7 Å². The van der Waals surface area contributed by atoms with Gasteiger partial charge in [-0.05, 0) is 37.6 Å². The average Bonchev–Trinajstić information content (AvgIpc) is 3.11. The zero-order chi connectivity index (χ0) is 18.3. The molecule has 4 rings (SSSR count). The van der Waals surface area contributed by atoms with E-state index in [0.29, 0.717) is 31.0 Å². The molecule has 0 bridgehead atoms. The molecule has 0 radical (unpaired) electrons. The number of hydrogen-bond donors (Lipinski definition) is 0. The summed E-state index contributed by atoms with van der Waals surface area (Å²) in [4.78, 5) is 23.3. The highest BCUT2D eigenvalue weighted by atomic mass is 79.9. The maximum atomic E-state index is 12.9. The SMILES string of the molecule is Cc1cc(C2CN(C(=O)c3ccc(C)c(Br)c3)CCO2)n2ncnc2n1. The maximum Gasteiger partial charge on any atom is 0.254 e. The maximum absolute atomic E-state index is 12.9. The number of carbonyl (C=O) groups is 1. The molecule has 0 N–H and O–H groups in total. The van der Waals surface area contributed by atoms with Crippen molar-refractivity contribution in [3.8, 4) is 0 Å². The summed E-state index contributed by atoms with van der Waals surface area (Å²) in [7, 11) is 0. The number of hydrogen-bond acceptors (Lipinski definition) is 5. The second-order valence-electron chi connectivity index (χ2n) is 6.37. The predicted molar refractivity (Wildman–Crippen MR) is 99.0 cm³/mol. The van der Waals surface area contributed by atoms with Crippen LogP contribution in [0.2, 0.25) is 0 Å². The first kappa shape index (κ1) is 17.1. The Balaban J connectivity index is 1.62. The number of benzene rings is 1. The van der Waals surface area contributed by atoms with E-state index in [1.54, 1.807) is 4.52 Å². The quantitative estimate of drug-likeness (QED) is 0.643. The molecule has 1 amide bonds. The van der Waals surface area contributed by atoms with Crippen LogP contribution >= 0.6 is 15.9 Å². The minimum absolute atomic E-state index is 0.000359. The van der Waals surface area contributed by atoms with E-state index in [0.717, 1.165) is 21.4 Å². The summed E-state index contributed by atoms with van der Waals surface area (Å²) in [6.45, 7) is 5.40. The highest BCUT2D eigenvalue weighted by molar-refractivity contribution is 9.10. The van der Waals surface area contributed by atoms with E-state index in [2.05, 4.69) is 31.0 Å². The molecule has 1 aromatic carbocycles. The molecule has 1 saturated heterocycles. The van der Waals surface area contributed by atoms with E-state index in [1.807, 2.05) is 43.0 Å². The summed E-state index contributed by atoms with van der Waals surface area (Å²) >= 11 is 3.50. The van der Waals surface area contributed by atoms with Gasteiger partial charge in [-0.3, -0.25) is 4.79 Å². The van der Waals surface area contributed by atoms with Crippen LogP contribution in [0.15, 0.2) is 35.1 Å². The van der Waals surface area contributed by atoms with E-state index in [-0.39, 0.29) is 12.0 Å². The number of aromatic nitrogens is 4. The monoisotopic (exact) mass is 415 g/mol. The van der Waals surface area contributed by atoms with Crippen LogP contribution < -0.4 is 0 Å². The van der Waals surface area contributed by atoms with Gasteiger partial charge >= 0.3 is 0 Å². The Kier molecular flexibility index (Phi) is 4.46. The number of morpholine rings is 1. The average molecular weight is 416 g/mol. The third kappa shape index (κ3) is 3.10. The number of aryl methyl sites for hydroxylation is 2. The number of halogens is 1. The Labute approximate surface area is 159 Å². The van der Waals surface area contributed by atoms with Gasteiger partial charge in [-0.1, -0.05) is 22.0 Å². The Morgan fingerprint density at radius 1 is 1.31 bits per heavy atom. The molecule has 0 aliphatic carbocycles. The fraction of sp³-hybridized carbons (Fsp3) is 0.333. The van der Waals surface area contributed by atoms with E-state index in [4.69, 9.17) is 4.74 Å². The lowest BCUT2D eigenvalue weighted by Crippen LogP contribution is -2.42. The molecule has 7 nitrogen and oxygen atoms in total. The van der Waals surface area contributed by atoms with E-state index < -0.39 is 0 Å². The molecule has 1 unspecified atom stereocenters. The predicted octanol–water partition coefficient (Wildman–Crippen LogP) is 2.72. The van der Waals surface area contributed by atoms with Crippen molar-refractivity contribution in [2.45, 2.75) is 20.0 Å². The highest BCUT2D eigenvalue weighted by Crippen LogP contribution is 2.25. The molecule has 1 aliphatic heterocycles. The zero-order valence-electron chi connectivity index (χ0n) is 14.5. The fourth-order valence-electron chi connectivity index (χ4n) is 3.11. The van der Waals surface area contributed by atoms with Crippen LogP contribution in [0.25, 0.3) is 5.78 Å². The summed E-state index contributed by atoms with van der Waals surface area (Å²) in [6.07, 6.45) is 1.20. The first-order chi connectivity index (χ1) is 12.5. The van der Waals surface area contributed by atoms with Crippen molar-refractivity contribution >= 4 is 27.6 Å². The molecule has 134 valence electrons. The van der Waals surface area contributed by atoms with Crippen LogP contribution in [-0.4, -0.2) is 50.1 Å². The van der Waals surface area contributed by atoms with E-state index in [9.17, 15) is 4.79 Å². The van der Waals surface area contributed by atoms with Crippen molar-refractivity contribution in [1.29, 1.82) is 0 Å². The van der Waals surface area contributed by atoms with Crippen LogP contribution in [0.4, 0.5) is 0 Å². The van der Waals surface area contributed by atoms with Gasteiger partial charge in [0.15, 0.2) is 0 Å². The minimum atomic E-state index is -0.271. The van der Waals surface area contributed by atoms with Gasteiger partial charge in [0, 0.05) is 22.3 Å². The molecule has 8 heteroatoms. The first-order valence-corrected chi connectivity index (χ1v) is 9.16.